The van der Waals surface area contributed by atoms with Crippen molar-refractivity contribution in [3.8, 4) is 0 Å². The number of nitrogens with one attached hydrogen (secondary N) is 1. The average molecular weight is 205 g/mol. The fourth-order valence-corrected chi connectivity index (χ4v) is 1.05. The van der Waals surface area contributed by atoms with Gasteiger partial charge in [0.15, 0.2) is 5.96 Å². The number of nitrogens with zero attached hydrogens (tertiary/aromatic N) is 1. The first-order chi connectivity index (χ1) is 6.02. The molecule has 0 bridgehead atoms. The highest BCUT2D eigenvalue weighted by molar-refractivity contribution is 7.84. The molecule has 0 radical (unpaired) electrons. The minimum absolute atomic E-state index is 0.444. The van der Waals surface area contributed by atoms with Crippen molar-refractivity contribution in [3.63, 3.8) is 0 Å². The summed E-state index contributed by atoms with van der Waals surface area (Å²) in [5.74, 6) is 1.57. The number of hydrogen-bond acceptors (Lipinski definition) is 2. The molecule has 3 N–H and O–H groups in total. The van der Waals surface area contributed by atoms with E-state index in [4.69, 9.17) is 5.73 Å². The Labute approximate surface area is 82.5 Å². The summed E-state index contributed by atoms with van der Waals surface area (Å²) in [5, 5.41) is 2.90. The average Bonchev–Trinajstić information content (AvgIpc) is 2.00. The third kappa shape index (κ3) is 9.33. The van der Waals surface area contributed by atoms with Crippen LogP contribution >= 0.6 is 0 Å². The van der Waals surface area contributed by atoms with Crippen LogP contribution in [0.15, 0.2) is 4.99 Å². The van der Waals surface area contributed by atoms with E-state index in [1.165, 1.54) is 0 Å². The molecule has 0 aromatic carbocycles. The quantitative estimate of drug-likeness (QED) is 0.487. The Kier molecular flexibility index (Phi) is 6.58. The lowest BCUT2D eigenvalue weighted by molar-refractivity contribution is 0.661. The molecule has 0 fully saturated rings. The number of nitrogens with two attached hydrogens (primary N) is 1. The second-order valence-corrected chi connectivity index (χ2v) is 4.88. The van der Waals surface area contributed by atoms with Crippen LogP contribution in [0.4, 0.5) is 0 Å². The van der Waals surface area contributed by atoms with E-state index < -0.39 is 10.8 Å². The zero-order valence-electron chi connectivity index (χ0n) is 8.54. The maximum absolute atomic E-state index is 10.7. The van der Waals surface area contributed by atoms with Crippen molar-refractivity contribution in [3.05, 3.63) is 0 Å². The largest absolute Gasteiger partial charge is 0.370 e. The molecule has 1 atom stereocenters. The van der Waals surface area contributed by atoms with Crippen LogP contribution in [-0.4, -0.2) is 35.3 Å². The Morgan fingerprint density at radius 2 is 2.23 bits per heavy atom. The molecular formula is C8H19N3OS. The molecule has 0 rings (SSSR count). The van der Waals surface area contributed by atoms with E-state index in [9.17, 15) is 4.21 Å². The third-order valence-electron chi connectivity index (χ3n) is 1.32. The Bertz CT molecular complexity index is 192. The van der Waals surface area contributed by atoms with Gasteiger partial charge in [-0.2, -0.15) is 0 Å². The Morgan fingerprint density at radius 1 is 1.62 bits per heavy atom. The lowest BCUT2D eigenvalue weighted by Crippen LogP contribution is -2.34. The van der Waals surface area contributed by atoms with E-state index in [2.05, 4.69) is 24.2 Å². The summed E-state index contributed by atoms with van der Waals surface area (Å²) in [6.07, 6.45) is 1.67. The van der Waals surface area contributed by atoms with Crippen molar-refractivity contribution < 1.29 is 4.21 Å². The summed E-state index contributed by atoms with van der Waals surface area (Å²) in [6.45, 7) is 5.51. The molecule has 0 aliphatic rings. The normalized spacial score (nSPS) is 14.6. The maximum Gasteiger partial charge on any atom is 0.188 e. The maximum atomic E-state index is 10.7. The standard InChI is InChI=1S/C8H19N3OS/c1-7(2)6-11-8(9)10-4-5-13(3)12/h7H,4-6H2,1-3H3,(H3,9,10,11). The number of guanidine groups is 1. The van der Waals surface area contributed by atoms with Crippen molar-refractivity contribution >= 4 is 16.8 Å². The van der Waals surface area contributed by atoms with Gasteiger partial charge in [-0.15, -0.1) is 0 Å². The van der Waals surface area contributed by atoms with E-state index in [0.717, 1.165) is 6.54 Å². The van der Waals surface area contributed by atoms with Crippen molar-refractivity contribution in [2.75, 3.05) is 25.1 Å². The first kappa shape index (κ1) is 12.4. The van der Waals surface area contributed by atoms with Gasteiger partial charge in [0.2, 0.25) is 0 Å². The second kappa shape index (κ2) is 6.88. The van der Waals surface area contributed by atoms with Crippen LogP contribution in [-0.2, 0) is 10.8 Å². The predicted octanol–water partition coefficient (Wildman–Crippen LogP) is -0.0748. The van der Waals surface area contributed by atoms with Gasteiger partial charge in [0.25, 0.3) is 0 Å². The van der Waals surface area contributed by atoms with Crippen LogP contribution in [0.2, 0.25) is 0 Å². The molecule has 5 heteroatoms. The number of aliphatic imine (C=N–C) groups is 1. The van der Waals surface area contributed by atoms with E-state index in [1.807, 2.05) is 0 Å². The van der Waals surface area contributed by atoms with E-state index in [0.29, 0.717) is 24.2 Å². The second-order valence-electron chi connectivity index (χ2n) is 3.32. The molecule has 13 heavy (non-hydrogen) atoms. The van der Waals surface area contributed by atoms with Gasteiger partial charge in [0.05, 0.1) is 0 Å². The predicted molar refractivity (Wildman–Crippen MR) is 58.3 cm³/mol. The SMILES string of the molecule is CC(C)CN=C(N)NCCS(C)=O. The van der Waals surface area contributed by atoms with Crippen molar-refractivity contribution in [2.24, 2.45) is 16.6 Å². The van der Waals surface area contributed by atoms with E-state index in [1.54, 1.807) is 6.26 Å². The lowest BCUT2D eigenvalue weighted by atomic mass is 10.2. The van der Waals surface area contributed by atoms with Gasteiger partial charge in [-0.3, -0.25) is 9.20 Å². The zero-order valence-corrected chi connectivity index (χ0v) is 9.36. The topological polar surface area (TPSA) is 67.5 Å². The van der Waals surface area contributed by atoms with Crippen LogP contribution in [0.5, 0.6) is 0 Å². The van der Waals surface area contributed by atoms with E-state index in [-0.39, 0.29) is 0 Å². The zero-order chi connectivity index (χ0) is 10.3. The molecule has 0 saturated heterocycles. The monoisotopic (exact) mass is 205 g/mol. The fourth-order valence-electron chi connectivity index (χ4n) is 0.660. The Balaban J connectivity index is 3.55. The van der Waals surface area contributed by atoms with Gasteiger partial charge in [-0.1, -0.05) is 13.8 Å². The van der Waals surface area contributed by atoms with Crippen molar-refractivity contribution in [2.45, 2.75) is 13.8 Å². The molecule has 0 amide bonds. The fraction of sp³-hybridized carbons (Fsp3) is 0.875. The molecule has 4 nitrogen and oxygen atoms in total. The Hall–Kier alpha value is -0.580. The molecule has 0 aliphatic carbocycles. The smallest absolute Gasteiger partial charge is 0.188 e. The van der Waals surface area contributed by atoms with Gasteiger partial charge in [-0.25, -0.2) is 0 Å². The first-order valence-corrected chi connectivity index (χ1v) is 6.09. The molecule has 1 unspecified atom stereocenters. The Morgan fingerprint density at radius 3 is 2.69 bits per heavy atom. The van der Waals surface area contributed by atoms with Crippen LogP contribution in [0.1, 0.15) is 13.8 Å². The van der Waals surface area contributed by atoms with Crippen molar-refractivity contribution in [1.29, 1.82) is 0 Å². The van der Waals surface area contributed by atoms with Crippen LogP contribution < -0.4 is 11.1 Å². The summed E-state index contributed by atoms with van der Waals surface area (Å²) < 4.78 is 10.7. The number of hydrogen-bond donors (Lipinski definition) is 2. The van der Waals surface area contributed by atoms with Crippen LogP contribution in [0.25, 0.3) is 0 Å². The first-order valence-electron chi connectivity index (χ1n) is 4.36. The highest BCUT2D eigenvalue weighted by Crippen LogP contribution is 1.90. The van der Waals surface area contributed by atoms with Crippen LogP contribution in [0.3, 0.4) is 0 Å². The summed E-state index contributed by atoms with van der Waals surface area (Å²) in [6, 6.07) is 0. The summed E-state index contributed by atoms with van der Waals surface area (Å²) in [4.78, 5) is 4.10. The molecular weight excluding hydrogens is 186 g/mol. The molecule has 0 saturated carbocycles. The lowest BCUT2D eigenvalue weighted by Gasteiger charge is -2.05. The molecule has 0 aliphatic heterocycles. The molecule has 78 valence electrons. The van der Waals surface area contributed by atoms with Gasteiger partial charge in [0, 0.05) is 35.9 Å². The highest BCUT2D eigenvalue weighted by Gasteiger charge is 1.94. The third-order valence-corrected chi connectivity index (χ3v) is 2.10. The van der Waals surface area contributed by atoms with Gasteiger partial charge in [-0.05, 0) is 5.92 Å². The van der Waals surface area contributed by atoms with Gasteiger partial charge >= 0.3 is 0 Å². The summed E-state index contributed by atoms with van der Waals surface area (Å²) >= 11 is 0. The minimum Gasteiger partial charge on any atom is -0.370 e. The summed E-state index contributed by atoms with van der Waals surface area (Å²) in [7, 11) is -0.768. The summed E-state index contributed by atoms with van der Waals surface area (Å²) in [5.41, 5.74) is 5.55. The molecule has 0 spiro atoms. The molecule has 0 aromatic heterocycles. The minimum atomic E-state index is -0.768. The molecule has 0 aromatic rings. The van der Waals surface area contributed by atoms with Gasteiger partial charge in [0.1, 0.15) is 0 Å². The van der Waals surface area contributed by atoms with E-state index >= 15 is 0 Å². The van der Waals surface area contributed by atoms with Crippen molar-refractivity contribution in [1.82, 2.24) is 5.32 Å². The highest BCUT2D eigenvalue weighted by atomic mass is 32.2. The van der Waals surface area contributed by atoms with Crippen LogP contribution in [0, 0.1) is 5.92 Å². The number of rotatable bonds is 5. The van der Waals surface area contributed by atoms with Gasteiger partial charge < -0.3 is 11.1 Å². The molecule has 0 heterocycles.